The molecule has 9 heteroatoms. The number of rotatable bonds is 6. The average molecular weight is 505 g/mol. The molecule has 0 aliphatic heterocycles. The fourth-order valence-corrected chi connectivity index (χ4v) is 6.33. The standard InChI is InChI=1S/C29H28N8O/c1-4-26(38)35-29(5-2)10-19-8-20(11-29)27(19)34-25-7-6-18(13-31-25)24-9-21(23-15-32-36(3)16-23)17-37-28(24)22(12-30)14-33-37/h1,6-7,9,13-17,19-20,27H,5,8,10-11H2,2-3H3,(H,31,34)(H,35,38). The van der Waals surface area contributed by atoms with Crippen LogP contribution in [0.1, 0.15) is 38.2 Å². The first-order chi connectivity index (χ1) is 18.4. The zero-order valence-electron chi connectivity index (χ0n) is 21.3. The minimum atomic E-state index is -0.325. The van der Waals surface area contributed by atoms with E-state index >= 15 is 0 Å². The van der Waals surface area contributed by atoms with E-state index < -0.39 is 0 Å². The molecule has 4 aromatic rings. The quantitative estimate of drug-likeness (QED) is 0.387. The van der Waals surface area contributed by atoms with E-state index in [1.165, 1.54) is 0 Å². The Bertz CT molecular complexity index is 1600. The topological polar surface area (TPSA) is 113 Å². The third-order valence-corrected chi connectivity index (χ3v) is 8.27. The number of hydrogen-bond donors (Lipinski definition) is 2. The van der Waals surface area contributed by atoms with Gasteiger partial charge in [-0.05, 0) is 61.6 Å². The lowest BCUT2D eigenvalue weighted by molar-refractivity contribution is -0.119. The Balaban J connectivity index is 1.25. The summed E-state index contributed by atoms with van der Waals surface area (Å²) in [5.41, 5.74) is 4.76. The lowest BCUT2D eigenvalue weighted by Crippen LogP contribution is -2.63. The van der Waals surface area contributed by atoms with E-state index in [-0.39, 0.29) is 11.4 Å². The second-order valence-corrected chi connectivity index (χ2v) is 10.5. The van der Waals surface area contributed by atoms with Crippen LogP contribution in [0.3, 0.4) is 0 Å². The minimum Gasteiger partial charge on any atom is -0.367 e. The van der Waals surface area contributed by atoms with E-state index in [0.717, 1.165) is 59.3 Å². The summed E-state index contributed by atoms with van der Waals surface area (Å²) < 4.78 is 3.51. The molecule has 3 saturated carbocycles. The lowest BCUT2D eigenvalue weighted by atomic mass is 9.54. The van der Waals surface area contributed by atoms with Gasteiger partial charge in [-0.15, -0.1) is 6.42 Å². The van der Waals surface area contributed by atoms with E-state index in [2.05, 4.69) is 45.8 Å². The van der Waals surface area contributed by atoms with Gasteiger partial charge in [0.1, 0.15) is 11.9 Å². The summed E-state index contributed by atoms with van der Waals surface area (Å²) in [5.74, 6) is 3.62. The highest BCUT2D eigenvalue weighted by Crippen LogP contribution is 2.52. The van der Waals surface area contributed by atoms with Crippen molar-refractivity contribution < 1.29 is 4.79 Å². The maximum atomic E-state index is 11.9. The predicted molar refractivity (Wildman–Crippen MR) is 144 cm³/mol. The zero-order chi connectivity index (χ0) is 26.4. The monoisotopic (exact) mass is 504 g/mol. The number of pyridine rings is 2. The molecule has 0 spiro atoms. The zero-order valence-corrected chi connectivity index (χ0v) is 21.3. The van der Waals surface area contributed by atoms with Crippen LogP contribution in [0.2, 0.25) is 0 Å². The summed E-state index contributed by atoms with van der Waals surface area (Å²) in [7, 11) is 1.88. The van der Waals surface area contributed by atoms with Crippen LogP contribution < -0.4 is 10.6 Å². The maximum Gasteiger partial charge on any atom is 0.296 e. The summed E-state index contributed by atoms with van der Waals surface area (Å²) in [6, 6.07) is 8.67. The molecule has 2 atom stereocenters. The van der Waals surface area contributed by atoms with Crippen molar-refractivity contribution in [2.24, 2.45) is 18.9 Å². The van der Waals surface area contributed by atoms with E-state index in [1.54, 1.807) is 15.4 Å². The first-order valence-electron chi connectivity index (χ1n) is 12.8. The van der Waals surface area contributed by atoms with Gasteiger partial charge in [-0.25, -0.2) is 9.50 Å². The van der Waals surface area contributed by atoms with Gasteiger partial charge in [0.05, 0.1) is 23.5 Å². The highest BCUT2D eigenvalue weighted by Gasteiger charge is 2.53. The van der Waals surface area contributed by atoms with Crippen molar-refractivity contribution in [3.05, 3.63) is 54.7 Å². The number of amides is 1. The van der Waals surface area contributed by atoms with E-state index in [4.69, 9.17) is 11.4 Å². The van der Waals surface area contributed by atoms with Crippen LogP contribution in [0.25, 0.3) is 27.8 Å². The van der Waals surface area contributed by atoms with Crippen LogP contribution in [0.5, 0.6) is 0 Å². The van der Waals surface area contributed by atoms with Gasteiger partial charge in [0.15, 0.2) is 0 Å². The van der Waals surface area contributed by atoms with Crippen molar-refractivity contribution in [1.29, 1.82) is 5.26 Å². The van der Waals surface area contributed by atoms with Gasteiger partial charge in [0.2, 0.25) is 0 Å². The molecule has 0 aromatic carbocycles. The molecular weight excluding hydrogens is 476 g/mol. The number of carbonyl (C=O) groups excluding carboxylic acids is 1. The summed E-state index contributed by atoms with van der Waals surface area (Å²) >= 11 is 0. The Labute approximate surface area is 220 Å². The molecular formula is C29H28N8O. The minimum absolute atomic E-state index is 0.207. The van der Waals surface area contributed by atoms with E-state index in [0.29, 0.717) is 23.4 Å². The fourth-order valence-electron chi connectivity index (χ4n) is 6.33. The van der Waals surface area contributed by atoms with Gasteiger partial charge < -0.3 is 10.6 Å². The number of anilines is 1. The van der Waals surface area contributed by atoms with Crippen molar-refractivity contribution in [2.75, 3.05) is 5.32 Å². The highest BCUT2D eigenvalue weighted by molar-refractivity contribution is 5.93. The molecule has 0 saturated heterocycles. The molecule has 190 valence electrons. The first-order valence-corrected chi connectivity index (χ1v) is 12.8. The summed E-state index contributed by atoms with van der Waals surface area (Å²) in [5, 5.41) is 25.1. The Hall–Kier alpha value is -4.63. The van der Waals surface area contributed by atoms with Gasteiger partial charge in [0, 0.05) is 59.5 Å². The number of fused-ring (bicyclic) bond motifs is 3. The normalized spacial score (nSPS) is 23.7. The second kappa shape index (κ2) is 9.04. The van der Waals surface area contributed by atoms with Crippen molar-refractivity contribution >= 4 is 17.2 Å². The molecule has 2 bridgehead atoms. The molecule has 9 nitrogen and oxygen atoms in total. The SMILES string of the molecule is C#CC(=O)NC1(CC)CC2CC(C1)C2Nc1ccc(-c2cc(-c3cnn(C)c3)cn3ncc(C#N)c23)cn1. The second-order valence-electron chi connectivity index (χ2n) is 10.5. The Morgan fingerprint density at radius 1 is 1.16 bits per heavy atom. The van der Waals surface area contributed by atoms with Crippen molar-refractivity contribution in [3.8, 4) is 40.7 Å². The van der Waals surface area contributed by atoms with Gasteiger partial charge in [0.25, 0.3) is 5.91 Å². The molecule has 2 unspecified atom stereocenters. The van der Waals surface area contributed by atoms with Crippen LogP contribution in [0.15, 0.2) is 49.2 Å². The van der Waals surface area contributed by atoms with Crippen molar-refractivity contribution in [2.45, 2.75) is 44.2 Å². The summed E-state index contributed by atoms with van der Waals surface area (Å²) in [6.45, 7) is 2.11. The Morgan fingerprint density at radius 2 is 1.97 bits per heavy atom. The third kappa shape index (κ3) is 3.97. The van der Waals surface area contributed by atoms with Crippen molar-refractivity contribution in [3.63, 3.8) is 0 Å². The summed E-state index contributed by atoms with van der Waals surface area (Å²) in [4.78, 5) is 16.6. The van der Waals surface area contributed by atoms with Crippen LogP contribution >= 0.6 is 0 Å². The van der Waals surface area contributed by atoms with Gasteiger partial charge in [-0.2, -0.15) is 15.5 Å². The van der Waals surface area contributed by atoms with E-state index in [9.17, 15) is 10.1 Å². The molecule has 3 fully saturated rings. The molecule has 0 radical (unpaired) electrons. The number of nitrogens with one attached hydrogen (secondary N) is 2. The average Bonchev–Trinajstić information content (AvgIpc) is 3.57. The van der Waals surface area contributed by atoms with Crippen molar-refractivity contribution in [1.82, 2.24) is 29.7 Å². The number of nitrogens with zero attached hydrogens (tertiary/aromatic N) is 6. The fraction of sp³-hybridized carbons (Fsp3) is 0.345. The molecule has 4 aromatic heterocycles. The number of nitriles is 1. The predicted octanol–water partition coefficient (Wildman–Crippen LogP) is 3.78. The number of terminal acetylenes is 1. The van der Waals surface area contributed by atoms with E-state index in [1.807, 2.05) is 44.0 Å². The molecule has 1 amide bonds. The van der Waals surface area contributed by atoms with Gasteiger partial charge >= 0.3 is 0 Å². The van der Waals surface area contributed by atoms with Crippen LogP contribution in [0.4, 0.5) is 5.82 Å². The molecule has 4 heterocycles. The highest BCUT2D eigenvalue weighted by atomic mass is 16.1. The Morgan fingerprint density at radius 3 is 2.61 bits per heavy atom. The lowest BCUT2D eigenvalue weighted by Gasteiger charge is -2.57. The first kappa shape index (κ1) is 23.7. The third-order valence-electron chi connectivity index (χ3n) is 8.27. The van der Waals surface area contributed by atoms with Crippen LogP contribution in [-0.2, 0) is 11.8 Å². The maximum absolute atomic E-state index is 11.9. The smallest absolute Gasteiger partial charge is 0.296 e. The molecule has 7 rings (SSSR count). The van der Waals surface area contributed by atoms with Crippen LogP contribution in [-0.4, -0.2) is 41.9 Å². The Kier molecular flexibility index (Phi) is 5.65. The van der Waals surface area contributed by atoms with Gasteiger partial charge in [-0.1, -0.05) is 6.92 Å². The van der Waals surface area contributed by atoms with Gasteiger partial charge in [-0.3, -0.25) is 9.48 Å². The van der Waals surface area contributed by atoms with Crippen LogP contribution in [0, 0.1) is 35.5 Å². The molecule has 3 aliphatic rings. The largest absolute Gasteiger partial charge is 0.367 e. The molecule has 38 heavy (non-hydrogen) atoms. The number of hydrogen-bond acceptors (Lipinski definition) is 6. The number of aromatic nitrogens is 5. The molecule has 3 aliphatic carbocycles. The molecule has 2 N–H and O–H groups in total. The number of aryl methyl sites for hydroxylation is 1. The summed E-state index contributed by atoms with van der Waals surface area (Å²) in [6.07, 6.45) is 18.3. The number of carbonyl (C=O) groups is 1.